The Morgan fingerprint density at radius 1 is 1.00 bits per heavy atom. The minimum absolute atomic E-state index is 1.08. The molecule has 0 bridgehead atoms. The third-order valence-corrected chi connectivity index (χ3v) is 3.38. The Kier molecular flexibility index (Phi) is 3.99. The summed E-state index contributed by atoms with van der Waals surface area (Å²) in [6, 6.07) is 17.2. The van der Waals surface area contributed by atoms with Gasteiger partial charge >= 0.3 is 0 Å². The molecule has 0 saturated heterocycles. The lowest BCUT2D eigenvalue weighted by atomic mass is 9.96. The van der Waals surface area contributed by atoms with E-state index in [1.165, 1.54) is 27.8 Å². The highest BCUT2D eigenvalue weighted by Crippen LogP contribution is 2.23. The maximum atomic E-state index is 2.28. The number of allylic oxidation sites excluding steroid dienone is 1. The Labute approximate surface area is 110 Å². The highest BCUT2D eigenvalue weighted by Gasteiger charge is 2.02. The van der Waals surface area contributed by atoms with Crippen molar-refractivity contribution in [2.75, 3.05) is 0 Å². The lowest BCUT2D eigenvalue weighted by Gasteiger charge is -2.09. The van der Waals surface area contributed by atoms with Crippen molar-refractivity contribution in [3.8, 4) is 0 Å². The number of aryl methyl sites for hydroxylation is 2. The van der Waals surface area contributed by atoms with Crippen molar-refractivity contribution in [2.24, 2.45) is 0 Å². The van der Waals surface area contributed by atoms with Crippen molar-refractivity contribution >= 4 is 11.6 Å². The Morgan fingerprint density at radius 3 is 2.39 bits per heavy atom. The van der Waals surface area contributed by atoms with Gasteiger partial charge in [-0.1, -0.05) is 61.5 Å². The average Bonchev–Trinajstić information content (AvgIpc) is 2.41. The van der Waals surface area contributed by atoms with Crippen molar-refractivity contribution < 1.29 is 0 Å². The molecule has 0 spiro atoms. The zero-order valence-corrected chi connectivity index (χ0v) is 11.4. The lowest BCUT2D eigenvalue weighted by Crippen LogP contribution is -1.89. The normalized spacial score (nSPS) is 11.6. The molecule has 0 heteroatoms. The first-order valence-electron chi connectivity index (χ1n) is 6.54. The van der Waals surface area contributed by atoms with E-state index >= 15 is 0 Å². The second kappa shape index (κ2) is 5.68. The molecule has 0 aliphatic rings. The van der Waals surface area contributed by atoms with E-state index < -0.39 is 0 Å². The van der Waals surface area contributed by atoms with E-state index in [0.29, 0.717) is 0 Å². The molecule has 0 aliphatic carbocycles. The van der Waals surface area contributed by atoms with Gasteiger partial charge in [-0.3, -0.25) is 0 Å². The van der Waals surface area contributed by atoms with Gasteiger partial charge in [-0.15, -0.1) is 0 Å². The van der Waals surface area contributed by atoms with Gasteiger partial charge in [0.1, 0.15) is 0 Å². The van der Waals surface area contributed by atoms with Crippen LogP contribution in [0.4, 0.5) is 0 Å². The summed E-state index contributed by atoms with van der Waals surface area (Å²) in [7, 11) is 0. The van der Waals surface area contributed by atoms with Gasteiger partial charge in [0.05, 0.1) is 0 Å². The molecule has 18 heavy (non-hydrogen) atoms. The Morgan fingerprint density at radius 2 is 1.67 bits per heavy atom. The summed E-state index contributed by atoms with van der Waals surface area (Å²) in [4.78, 5) is 0. The SMILES string of the molecule is CCc1ccccc1C(C)=Cc1ccccc1C. The van der Waals surface area contributed by atoms with Crippen LogP contribution in [-0.4, -0.2) is 0 Å². The molecule has 0 atom stereocenters. The predicted molar refractivity (Wildman–Crippen MR) is 80.5 cm³/mol. The zero-order valence-electron chi connectivity index (χ0n) is 11.4. The van der Waals surface area contributed by atoms with Crippen LogP contribution >= 0.6 is 0 Å². The molecule has 2 aromatic carbocycles. The summed E-state index contributed by atoms with van der Waals surface area (Å²) in [5.74, 6) is 0. The molecule has 0 N–H and O–H groups in total. The smallest absolute Gasteiger partial charge is 0.0195 e. The molecular weight excluding hydrogens is 216 g/mol. The van der Waals surface area contributed by atoms with E-state index in [2.05, 4.69) is 75.4 Å². The van der Waals surface area contributed by atoms with Gasteiger partial charge in [0.25, 0.3) is 0 Å². The third-order valence-electron chi connectivity index (χ3n) is 3.38. The molecule has 92 valence electrons. The van der Waals surface area contributed by atoms with Gasteiger partial charge in [-0.25, -0.2) is 0 Å². The monoisotopic (exact) mass is 236 g/mol. The van der Waals surface area contributed by atoms with E-state index in [1.807, 2.05) is 0 Å². The highest BCUT2D eigenvalue weighted by molar-refractivity contribution is 5.82. The first-order chi connectivity index (χ1) is 8.72. The van der Waals surface area contributed by atoms with Crippen LogP contribution in [0.2, 0.25) is 0 Å². The third kappa shape index (κ3) is 2.70. The molecule has 2 aromatic rings. The molecule has 0 aliphatic heterocycles. The number of rotatable bonds is 3. The molecule has 2 rings (SSSR count). The van der Waals surface area contributed by atoms with E-state index in [1.54, 1.807) is 0 Å². The van der Waals surface area contributed by atoms with Crippen LogP contribution in [0.25, 0.3) is 11.6 Å². The minimum atomic E-state index is 1.08. The maximum absolute atomic E-state index is 2.28. The molecule has 0 unspecified atom stereocenters. The number of hydrogen-bond acceptors (Lipinski definition) is 0. The van der Waals surface area contributed by atoms with E-state index in [0.717, 1.165) is 6.42 Å². The van der Waals surface area contributed by atoms with Crippen molar-refractivity contribution in [1.82, 2.24) is 0 Å². The standard InChI is InChI=1S/C18H20/c1-4-16-10-7-8-12-18(16)15(3)13-17-11-6-5-9-14(17)2/h5-13H,4H2,1-3H3. The van der Waals surface area contributed by atoms with E-state index in [4.69, 9.17) is 0 Å². The zero-order chi connectivity index (χ0) is 13.0. The van der Waals surface area contributed by atoms with E-state index in [9.17, 15) is 0 Å². The van der Waals surface area contributed by atoms with Crippen molar-refractivity contribution in [2.45, 2.75) is 27.2 Å². The summed E-state index contributed by atoms with van der Waals surface area (Å²) >= 11 is 0. The molecular formula is C18H20. The topological polar surface area (TPSA) is 0 Å². The summed E-state index contributed by atoms with van der Waals surface area (Å²) in [6.45, 7) is 6.56. The molecule has 0 fully saturated rings. The van der Waals surface area contributed by atoms with Crippen LogP contribution in [-0.2, 0) is 6.42 Å². The van der Waals surface area contributed by atoms with Crippen molar-refractivity contribution in [1.29, 1.82) is 0 Å². The summed E-state index contributed by atoms with van der Waals surface area (Å²) in [5.41, 5.74) is 6.75. The molecule has 0 saturated carbocycles. The summed E-state index contributed by atoms with van der Waals surface area (Å²) < 4.78 is 0. The van der Waals surface area contributed by atoms with E-state index in [-0.39, 0.29) is 0 Å². The van der Waals surface area contributed by atoms with Crippen LogP contribution in [0.5, 0.6) is 0 Å². The minimum Gasteiger partial charge on any atom is -0.0620 e. The molecule has 0 amide bonds. The van der Waals surface area contributed by atoms with Crippen LogP contribution in [0, 0.1) is 6.92 Å². The molecule has 0 heterocycles. The van der Waals surface area contributed by atoms with Crippen molar-refractivity contribution in [3.05, 3.63) is 70.8 Å². The second-order valence-electron chi connectivity index (χ2n) is 4.69. The van der Waals surface area contributed by atoms with Gasteiger partial charge in [0, 0.05) is 0 Å². The van der Waals surface area contributed by atoms with Crippen LogP contribution in [0.3, 0.4) is 0 Å². The molecule has 0 nitrogen and oxygen atoms in total. The highest BCUT2D eigenvalue weighted by atomic mass is 14.1. The predicted octanol–water partition coefficient (Wildman–Crippen LogP) is 5.12. The molecule has 0 radical (unpaired) electrons. The fourth-order valence-electron chi connectivity index (χ4n) is 2.27. The summed E-state index contributed by atoms with van der Waals surface area (Å²) in [6.07, 6.45) is 3.36. The quantitative estimate of drug-likeness (QED) is 0.649. The van der Waals surface area contributed by atoms with Crippen LogP contribution in [0.1, 0.15) is 36.1 Å². The maximum Gasteiger partial charge on any atom is -0.0195 e. The van der Waals surface area contributed by atoms with Gasteiger partial charge in [0.15, 0.2) is 0 Å². The fourth-order valence-corrected chi connectivity index (χ4v) is 2.27. The lowest BCUT2D eigenvalue weighted by molar-refractivity contribution is 1.13. The van der Waals surface area contributed by atoms with Crippen LogP contribution in [0.15, 0.2) is 48.5 Å². The fraction of sp³-hybridized carbons (Fsp3) is 0.222. The van der Waals surface area contributed by atoms with Gasteiger partial charge in [0.2, 0.25) is 0 Å². The summed E-state index contributed by atoms with van der Waals surface area (Å²) in [5, 5.41) is 0. The first kappa shape index (κ1) is 12.6. The Hall–Kier alpha value is -1.82. The first-order valence-corrected chi connectivity index (χ1v) is 6.54. The van der Waals surface area contributed by atoms with Crippen LogP contribution < -0.4 is 0 Å². The van der Waals surface area contributed by atoms with Gasteiger partial charge in [-0.05, 0) is 48.1 Å². The van der Waals surface area contributed by atoms with Crippen molar-refractivity contribution in [3.63, 3.8) is 0 Å². The largest absolute Gasteiger partial charge is 0.0620 e. The van der Waals surface area contributed by atoms with Gasteiger partial charge < -0.3 is 0 Å². The number of benzene rings is 2. The Balaban J connectivity index is 2.42. The number of hydrogen-bond donors (Lipinski definition) is 0. The van der Waals surface area contributed by atoms with Gasteiger partial charge in [-0.2, -0.15) is 0 Å². The Bertz CT molecular complexity index is 562. The molecule has 0 aromatic heterocycles. The average molecular weight is 236 g/mol. The second-order valence-corrected chi connectivity index (χ2v) is 4.69.